The summed E-state index contributed by atoms with van der Waals surface area (Å²) in [5.41, 5.74) is 0.769. The summed E-state index contributed by atoms with van der Waals surface area (Å²) in [6, 6.07) is 4.99. The van der Waals surface area contributed by atoms with Gasteiger partial charge in [0.15, 0.2) is 0 Å². The van der Waals surface area contributed by atoms with E-state index in [4.69, 9.17) is 0 Å². The molecule has 0 aliphatic heterocycles. The normalized spacial score (nSPS) is 16.0. The SMILES string of the molecule is FC(F)(F)Oc1cc(Br)cc(CNC2CC2)c1. The predicted molar refractivity (Wildman–Crippen MR) is 60.7 cm³/mol. The van der Waals surface area contributed by atoms with Gasteiger partial charge in [-0.25, -0.2) is 0 Å². The van der Waals surface area contributed by atoms with E-state index in [0.29, 0.717) is 17.1 Å². The average molecular weight is 310 g/mol. The Labute approximate surface area is 105 Å². The molecule has 0 spiro atoms. The molecule has 1 aromatic carbocycles. The van der Waals surface area contributed by atoms with Crippen LogP contribution in [0, 0.1) is 0 Å². The zero-order valence-electron chi connectivity index (χ0n) is 8.85. The van der Waals surface area contributed by atoms with Gasteiger partial charge in [0.05, 0.1) is 0 Å². The fourth-order valence-electron chi connectivity index (χ4n) is 1.47. The molecule has 0 saturated heterocycles. The van der Waals surface area contributed by atoms with Gasteiger partial charge in [0.2, 0.25) is 0 Å². The van der Waals surface area contributed by atoms with Crippen molar-refractivity contribution in [1.82, 2.24) is 5.32 Å². The number of ether oxygens (including phenoxy) is 1. The number of nitrogens with one attached hydrogen (secondary N) is 1. The molecule has 94 valence electrons. The Morgan fingerprint density at radius 2 is 2.00 bits per heavy atom. The summed E-state index contributed by atoms with van der Waals surface area (Å²) < 4.78 is 40.7. The maximum absolute atomic E-state index is 12.1. The van der Waals surface area contributed by atoms with Gasteiger partial charge in [0, 0.05) is 17.1 Å². The first-order valence-electron chi connectivity index (χ1n) is 5.21. The van der Waals surface area contributed by atoms with Gasteiger partial charge >= 0.3 is 6.36 Å². The number of hydrogen-bond acceptors (Lipinski definition) is 2. The van der Waals surface area contributed by atoms with Crippen LogP contribution in [0.2, 0.25) is 0 Å². The van der Waals surface area contributed by atoms with E-state index in [-0.39, 0.29) is 5.75 Å². The van der Waals surface area contributed by atoms with Crippen molar-refractivity contribution in [2.45, 2.75) is 31.8 Å². The molecule has 1 saturated carbocycles. The van der Waals surface area contributed by atoms with Crippen LogP contribution in [0.5, 0.6) is 5.75 Å². The third-order valence-corrected chi connectivity index (χ3v) is 2.79. The molecule has 0 unspecified atom stereocenters. The van der Waals surface area contributed by atoms with Crippen LogP contribution in [0.25, 0.3) is 0 Å². The molecule has 17 heavy (non-hydrogen) atoms. The molecule has 2 nitrogen and oxygen atoms in total. The molecule has 1 fully saturated rings. The molecule has 0 atom stereocenters. The van der Waals surface area contributed by atoms with E-state index in [1.165, 1.54) is 12.1 Å². The molecular formula is C11H11BrF3NO. The van der Waals surface area contributed by atoms with Gasteiger partial charge < -0.3 is 10.1 Å². The molecule has 6 heteroatoms. The Hall–Kier alpha value is -0.750. The second-order valence-corrected chi connectivity index (χ2v) is 4.91. The van der Waals surface area contributed by atoms with Crippen LogP contribution in [-0.4, -0.2) is 12.4 Å². The minimum atomic E-state index is -4.65. The second kappa shape index (κ2) is 4.86. The molecule has 2 rings (SSSR count). The van der Waals surface area contributed by atoms with Gasteiger partial charge in [-0.15, -0.1) is 13.2 Å². The standard InChI is InChI=1S/C11H11BrF3NO/c12-8-3-7(6-16-9-1-2-9)4-10(5-8)17-11(13,14)15/h3-5,9,16H,1-2,6H2. The fraction of sp³-hybridized carbons (Fsp3) is 0.455. The number of benzene rings is 1. The Balaban J connectivity index is 2.04. The van der Waals surface area contributed by atoms with Gasteiger partial charge in [-0.1, -0.05) is 15.9 Å². The Bertz CT molecular complexity index is 404. The van der Waals surface area contributed by atoms with Crippen molar-refractivity contribution in [2.75, 3.05) is 0 Å². The van der Waals surface area contributed by atoms with E-state index in [1.807, 2.05) is 0 Å². The van der Waals surface area contributed by atoms with Gasteiger partial charge in [-0.05, 0) is 36.6 Å². The maximum Gasteiger partial charge on any atom is 0.573 e. The average Bonchev–Trinajstić information content (AvgIpc) is 2.94. The first-order chi connectivity index (χ1) is 7.92. The monoisotopic (exact) mass is 309 g/mol. The largest absolute Gasteiger partial charge is 0.573 e. The van der Waals surface area contributed by atoms with E-state index < -0.39 is 6.36 Å². The van der Waals surface area contributed by atoms with Crippen molar-refractivity contribution in [3.05, 3.63) is 28.2 Å². The highest BCUT2D eigenvalue weighted by Crippen LogP contribution is 2.27. The van der Waals surface area contributed by atoms with Gasteiger partial charge in [0.1, 0.15) is 5.75 Å². The summed E-state index contributed by atoms with van der Waals surface area (Å²) in [5, 5.41) is 3.23. The molecule has 0 amide bonds. The minimum Gasteiger partial charge on any atom is -0.406 e. The number of alkyl halides is 3. The lowest BCUT2D eigenvalue weighted by Gasteiger charge is -2.11. The van der Waals surface area contributed by atoms with Crippen molar-refractivity contribution >= 4 is 15.9 Å². The lowest BCUT2D eigenvalue weighted by Crippen LogP contribution is -2.18. The van der Waals surface area contributed by atoms with E-state index in [0.717, 1.165) is 18.4 Å². The highest BCUT2D eigenvalue weighted by molar-refractivity contribution is 9.10. The molecule has 1 aliphatic rings. The van der Waals surface area contributed by atoms with Crippen LogP contribution in [0.15, 0.2) is 22.7 Å². The highest BCUT2D eigenvalue weighted by Gasteiger charge is 2.31. The van der Waals surface area contributed by atoms with Crippen molar-refractivity contribution < 1.29 is 17.9 Å². The van der Waals surface area contributed by atoms with E-state index in [2.05, 4.69) is 26.0 Å². The van der Waals surface area contributed by atoms with Gasteiger partial charge in [-0.2, -0.15) is 0 Å². The van der Waals surface area contributed by atoms with E-state index in [1.54, 1.807) is 6.07 Å². The third kappa shape index (κ3) is 4.55. The smallest absolute Gasteiger partial charge is 0.406 e. The number of hydrogen-bond donors (Lipinski definition) is 1. The highest BCUT2D eigenvalue weighted by atomic mass is 79.9. The van der Waals surface area contributed by atoms with Gasteiger partial charge in [-0.3, -0.25) is 0 Å². The van der Waals surface area contributed by atoms with E-state index in [9.17, 15) is 13.2 Å². The number of halogens is 4. The molecule has 1 N–H and O–H groups in total. The van der Waals surface area contributed by atoms with Crippen LogP contribution < -0.4 is 10.1 Å². The Morgan fingerprint density at radius 1 is 1.29 bits per heavy atom. The zero-order valence-corrected chi connectivity index (χ0v) is 10.4. The van der Waals surface area contributed by atoms with Crippen molar-refractivity contribution in [1.29, 1.82) is 0 Å². The topological polar surface area (TPSA) is 21.3 Å². The molecule has 0 radical (unpaired) electrons. The summed E-state index contributed by atoms with van der Waals surface area (Å²) in [7, 11) is 0. The summed E-state index contributed by atoms with van der Waals surface area (Å²) in [6.07, 6.45) is -2.37. The lowest BCUT2D eigenvalue weighted by molar-refractivity contribution is -0.274. The van der Waals surface area contributed by atoms with Crippen LogP contribution in [0.1, 0.15) is 18.4 Å². The van der Waals surface area contributed by atoms with Crippen LogP contribution in [0.4, 0.5) is 13.2 Å². The summed E-state index contributed by atoms with van der Waals surface area (Å²) >= 11 is 3.17. The van der Waals surface area contributed by atoms with Gasteiger partial charge in [0.25, 0.3) is 0 Å². The second-order valence-electron chi connectivity index (χ2n) is 4.00. The van der Waals surface area contributed by atoms with Crippen LogP contribution in [-0.2, 0) is 6.54 Å². The summed E-state index contributed by atoms with van der Waals surface area (Å²) in [5.74, 6) is -0.195. The fourth-order valence-corrected chi connectivity index (χ4v) is 1.98. The van der Waals surface area contributed by atoms with Crippen LogP contribution >= 0.6 is 15.9 Å². The van der Waals surface area contributed by atoms with Crippen LogP contribution in [0.3, 0.4) is 0 Å². The summed E-state index contributed by atoms with van der Waals surface area (Å²) in [6.45, 7) is 0.554. The molecular weight excluding hydrogens is 299 g/mol. The van der Waals surface area contributed by atoms with E-state index >= 15 is 0 Å². The quantitative estimate of drug-likeness (QED) is 0.917. The molecule has 1 aromatic rings. The zero-order chi connectivity index (χ0) is 12.5. The molecule has 1 aliphatic carbocycles. The third-order valence-electron chi connectivity index (χ3n) is 2.34. The molecule has 0 heterocycles. The number of rotatable bonds is 4. The summed E-state index contributed by atoms with van der Waals surface area (Å²) in [4.78, 5) is 0. The maximum atomic E-state index is 12.1. The van der Waals surface area contributed by atoms with Crippen molar-refractivity contribution in [3.63, 3.8) is 0 Å². The first-order valence-corrected chi connectivity index (χ1v) is 6.00. The Morgan fingerprint density at radius 3 is 2.59 bits per heavy atom. The molecule has 0 aromatic heterocycles. The van der Waals surface area contributed by atoms with Crippen molar-refractivity contribution in [2.24, 2.45) is 0 Å². The lowest BCUT2D eigenvalue weighted by atomic mass is 10.2. The Kier molecular flexibility index (Phi) is 3.63. The van der Waals surface area contributed by atoms with Crippen molar-refractivity contribution in [3.8, 4) is 5.75 Å². The predicted octanol–water partition coefficient (Wildman–Crippen LogP) is 3.60. The first kappa shape index (κ1) is 12.7. The minimum absolute atomic E-state index is 0.195. The molecule has 0 bridgehead atoms.